The van der Waals surface area contributed by atoms with E-state index in [0.29, 0.717) is 19.4 Å². The molecule has 0 aliphatic rings. The van der Waals surface area contributed by atoms with Crippen LogP contribution >= 0.6 is 0 Å². The molecule has 0 aliphatic heterocycles. The molecule has 0 aromatic heterocycles. The number of nitrogens with zero attached hydrogens (tertiary/aromatic N) is 1. The van der Waals surface area contributed by atoms with Crippen LogP contribution in [0.4, 0.5) is 0 Å². The second-order valence-electron chi connectivity index (χ2n) is 6.15. The predicted octanol–water partition coefficient (Wildman–Crippen LogP) is -1.67. The van der Waals surface area contributed by atoms with Crippen molar-refractivity contribution in [1.29, 1.82) is 0 Å². The summed E-state index contributed by atoms with van der Waals surface area (Å²) in [5, 5.41) is 30.8. The first-order valence-corrected chi connectivity index (χ1v) is 8.97. The van der Waals surface area contributed by atoms with E-state index in [1.807, 2.05) is 0 Å². The first-order chi connectivity index (χ1) is 11.4. The topological polar surface area (TPSA) is 97.7 Å². The molecule has 0 saturated heterocycles. The summed E-state index contributed by atoms with van der Waals surface area (Å²) >= 11 is 0. The third-order valence-corrected chi connectivity index (χ3v) is 4.69. The largest absolute Gasteiger partial charge is 1.00 e. The predicted molar refractivity (Wildman–Crippen MR) is 91.2 cm³/mol. The first kappa shape index (κ1) is 26.8. The molecule has 7 heteroatoms. The Bertz CT molecular complexity index is 392. The van der Waals surface area contributed by atoms with Crippen molar-refractivity contribution in [1.82, 2.24) is 0 Å². The van der Waals surface area contributed by atoms with E-state index in [0.717, 1.165) is 19.3 Å². The summed E-state index contributed by atoms with van der Waals surface area (Å²) in [5.41, 5.74) is 0. The third kappa shape index (κ3) is 8.22. The number of aliphatic hydroxyl groups is 1. The summed E-state index contributed by atoms with van der Waals surface area (Å²) in [4.78, 5) is 23.4. The average Bonchev–Trinajstić information content (AvgIpc) is 2.51. The van der Waals surface area contributed by atoms with E-state index in [1.165, 1.54) is 0 Å². The van der Waals surface area contributed by atoms with Gasteiger partial charge in [0.1, 0.15) is 12.6 Å². The van der Waals surface area contributed by atoms with E-state index < -0.39 is 24.0 Å². The molecule has 6 nitrogen and oxygen atoms in total. The number of hydrogen-bond donors (Lipinski definition) is 2. The van der Waals surface area contributed by atoms with Crippen LogP contribution in [0.5, 0.6) is 0 Å². The van der Waals surface area contributed by atoms with Gasteiger partial charge in [0.15, 0.2) is 6.04 Å². The van der Waals surface area contributed by atoms with Gasteiger partial charge in [-0.1, -0.05) is 32.9 Å². The van der Waals surface area contributed by atoms with Gasteiger partial charge in [0.05, 0.1) is 19.1 Å². The van der Waals surface area contributed by atoms with Gasteiger partial charge in [-0.3, -0.25) is 0 Å². The van der Waals surface area contributed by atoms with Crippen molar-refractivity contribution in [3.8, 4) is 0 Å². The van der Waals surface area contributed by atoms with Gasteiger partial charge in [-0.2, -0.15) is 0 Å². The summed E-state index contributed by atoms with van der Waals surface area (Å²) in [6.45, 7) is 5.81. The molecule has 3 atom stereocenters. The van der Waals surface area contributed by atoms with Gasteiger partial charge in [0.25, 0.3) is 0 Å². The van der Waals surface area contributed by atoms with Crippen molar-refractivity contribution in [3.63, 3.8) is 0 Å². The molecule has 0 fully saturated rings. The fourth-order valence-electron chi connectivity index (χ4n) is 3.59. The minimum Gasteiger partial charge on any atom is -0.544 e. The molecule has 0 aliphatic carbocycles. The molecule has 0 aromatic rings. The summed E-state index contributed by atoms with van der Waals surface area (Å²) in [5.74, 6) is -2.26. The van der Waals surface area contributed by atoms with Gasteiger partial charge in [-0.15, -0.1) is 0 Å². The number of allylic oxidation sites excluding steroid dienone is 2. The zero-order valence-corrected chi connectivity index (χ0v) is 18.2. The van der Waals surface area contributed by atoms with Crippen LogP contribution in [0.2, 0.25) is 0 Å². The molecular weight excluding hydrogens is 333 g/mol. The summed E-state index contributed by atoms with van der Waals surface area (Å²) < 4.78 is -0.140. The number of carboxylic acid groups (broad SMARTS) is 2. The Kier molecular flexibility index (Phi) is 15.8. The smallest absolute Gasteiger partial charge is 0.544 e. The Balaban J connectivity index is 0. The molecule has 0 rings (SSSR count). The van der Waals surface area contributed by atoms with Gasteiger partial charge >= 0.3 is 35.5 Å². The summed E-state index contributed by atoms with van der Waals surface area (Å²) in [6.07, 6.45) is 8.20. The fraction of sp³-hybridized carbons (Fsp3) is 0.778. The first-order valence-electron chi connectivity index (χ1n) is 8.97. The molecule has 140 valence electrons. The van der Waals surface area contributed by atoms with E-state index in [-0.39, 0.29) is 53.6 Å². The number of carboxylic acids is 2. The quantitative estimate of drug-likeness (QED) is 0.166. The average molecular weight is 366 g/mol. The Labute approximate surface area is 173 Å². The second kappa shape index (κ2) is 14.7. The van der Waals surface area contributed by atoms with Crippen LogP contribution in [-0.2, 0) is 9.59 Å². The monoisotopic (exact) mass is 366 g/mol. The minimum atomic E-state index is -1.24. The zero-order valence-electron chi connectivity index (χ0n) is 16.2. The minimum absolute atomic E-state index is 0. The van der Waals surface area contributed by atoms with Crippen molar-refractivity contribution >= 4 is 11.9 Å². The maximum Gasteiger partial charge on any atom is 1.00 e. The number of carbonyl (C=O) groups excluding carboxylic acids is 1. The summed E-state index contributed by atoms with van der Waals surface area (Å²) in [7, 11) is 0. The van der Waals surface area contributed by atoms with Gasteiger partial charge in [0, 0.05) is 12.8 Å². The number of hydrogen-bond acceptors (Lipinski definition) is 4. The maximum atomic E-state index is 11.7. The molecular formula is C18H33NNaO5+. The zero-order chi connectivity index (χ0) is 18.6. The van der Waals surface area contributed by atoms with E-state index in [1.54, 1.807) is 13.8 Å². The van der Waals surface area contributed by atoms with E-state index in [4.69, 9.17) is 0 Å². The third-order valence-electron chi connectivity index (χ3n) is 4.69. The van der Waals surface area contributed by atoms with Crippen molar-refractivity contribution in [2.75, 3.05) is 19.7 Å². The normalized spacial score (nSPS) is 16.0. The number of carbonyl (C=O) groups is 2. The van der Waals surface area contributed by atoms with Crippen LogP contribution < -0.4 is 34.7 Å². The number of quaternary nitrogens is 1. The molecule has 0 spiro atoms. The number of rotatable bonds is 14. The van der Waals surface area contributed by atoms with Crippen molar-refractivity contribution in [3.05, 3.63) is 12.2 Å². The van der Waals surface area contributed by atoms with Crippen LogP contribution in [0.1, 0.15) is 59.3 Å². The van der Waals surface area contributed by atoms with E-state index in [9.17, 15) is 24.9 Å². The summed E-state index contributed by atoms with van der Waals surface area (Å²) in [6, 6.07) is -1.78. The van der Waals surface area contributed by atoms with Gasteiger partial charge in [0.2, 0.25) is 0 Å². The maximum absolute atomic E-state index is 11.7. The molecule has 0 heterocycles. The number of aliphatic hydroxyl groups excluding tert-OH is 1. The number of aliphatic carboxylic acids is 2. The molecule has 2 N–H and O–H groups in total. The molecule has 3 unspecified atom stereocenters. The van der Waals surface area contributed by atoms with Crippen LogP contribution in [-0.4, -0.2) is 58.4 Å². The molecule has 0 saturated carbocycles. The second-order valence-corrected chi connectivity index (χ2v) is 6.15. The van der Waals surface area contributed by atoms with Gasteiger partial charge < -0.3 is 24.6 Å². The molecule has 25 heavy (non-hydrogen) atoms. The van der Waals surface area contributed by atoms with Crippen LogP contribution in [0.3, 0.4) is 0 Å². The van der Waals surface area contributed by atoms with Crippen LogP contribution in [0.15, 0.2) is 12.2 Å². The Morgan fingerprint density at radius 2 is 1.64 bits per heavy atom. The molecule has 0 amide bonds. The Morgan fingerprint density at radius 3 is 2.04 bits per heavy atom. The SMILES string of the molecule is CC/C=C/CCCC[N+](CCO)(C(CC)C(=O)[O-])C(CC)C(=O)O.[Na+]. The molecule has 0 aromatic carbocycles. The van der Waals surface area contributed by atoms with Crippen LogP contribution in [0.25, 0.3) is 0 Å². The van der Waals surface area contributed by atoms with E-state index in [2.05, 4.69) is 19.1 Å². The Hall–Kier alpha value is -0.400. The van der Waals surface area contributed by atoms with E-state index >= 15 is 0 Å². The fourth-order valence-corrected chi connectivity index (χ4v) is 3.59. The van der Waals surface area contributed by atoms with Crippen LogP contribution in [0, 0.1) is 0 Å². The van der Waals surface area contributed by atoms with Crippen molar-refractivity contribution in [2.45, 2.75) is 71.4 Å². The van der Waals surface area contributed by atoms with Gasteiger partial charge in [-0.25, -0.2) is 4.79 Å². The van der Waals surface area contributed by atoms with Gasteiger partial charge in [-0.05, 0) is 25.7 Å². The molecule has 0 bridgehead atoms. The standard InChI is InChI=1S/C18H33NO5.Na/c1-4-7-8-9-10-11-12-19(13-14-20,15(5-2)17(21)22)16(6-3)18(23)24;/h7-8,15-16,20H,4-6,9-14H2,1-3H3,(H-,21,22,23,24);/q;+1/b8-7+;. The van der Waals surface area contributed by atoms with Crippen molar-refractivity contribution < 1.29 is 58.9 Å². The molecule has 0 radical (unpaired) electrons. The van der Waals surface area contributed by atoms with Crippen molar-refractivity contribution in [2.24, 2.45) is 0 Å². The Morgan fingerprint density at radius 1 is 1.04 bits per heavy atom. The number of unbranched alkanes of at least 4 members (excludes halogenated alkanes) is 2.